The Balaban J connectivity index is 1.97. The van der Waals surface area contributed by atoms with E-state index in [1.807, 2.05) is 13.8 Å². The Morgan fingerprint density at radius 1 is 1.33 bits per heavy atom. The quantitative estimate of drug-likeness (QED) is 0.735. The van der Waals surface area contributed by atoms with Crippen LogP contribution in [-0.2, 0) is 4.74 Å². The Bertz CT molecular complexity index is 1070. The SMILES string of the molecule is CC(C)n1c(N2CCOC2=O)nc2c(F)cc(-c3nc(N)ncc3Cl)cc21. The smallest absolute Gasteiger partial charge is 0.416 e. The predicted molar refractivity (Wildman–Crippen MR) is 99.2 cm³/mol. The van der Waals surface area contributed by atoms with Crippen LogP contribution >= 0.6 is 11.6 Å². The third kappa shape index (κ3) is 2.84. The molecule has 1 aliphatic heterocycles. The first-order valence-corrected chi connectivity index (χ1v) is 8.68. The first-order chi connectivity index (χ1) is 12.9. The number of amides is 1. The van der Waals surface area contributed by atoms with Crippen molar-refractivity contribution in [1.29, 1.82) is 0 Å². The third-order valence-corrected chi connectivity index (χ3v) is 4.56. The number of carbonyl (C=O) groups excluding carboxylic acids is 1. The number of ether oxygens (including phenoxy) is 1. The molecule has 10 heteroatoms. The molecule has 2 N–H and O–H groups in total. The maximum absolute atomic E-state index is 14.9. The highest BCUT2D eigenvalue weighted by molar-refractivity contribution is 6.33. The normalized spacial score (nSPS) is 14.4. The number of fused-ring (bicyclic) bond motifs is 1. The van der Waals surface area contributed by atoms with Gasteiger partial charge in [-0.25, -0.2) is 29.0 Å². The fourth-order valence-corrected chi connectivity index (χ4v) is 3.34. The predicted octanol–water partition coefficient (Wildman–Crippen LogP) is 3.41. The van der Waals surface area contributed by atoms with E-state index in [1.54, 1.807) is 10.6 Å². The van der Waals surface area contributed by atoms with E-state index in [4.69, 9.17) is 22.1 Å². The van der Waals surface area contributed by atoms with Crippen molar-refractivity contribution in [3.05, 3.63) is 29.2 Å². The minimum atomic E-state index is -0.552. The molecule has 140 valence electrons. The lowest BCUT2D eigenvalue weighted by molar-refractivity contribution is 0.181. The second kappa shape index (κ2) is 6.34. The zero-order chi connectivity index (χ0) is 19.3. The first-order valence-electron chi connectivity index (χ1n) is 8.31. The van der Waals surface area contributed by atoms with Crippen molar-refractivity contribution in [3.63, 3.8) is 0 Å². The van der Waals surface area contributed by atoms with Crippen molar-refractivity contribution in [2.45, 2.75) is 19.9 Å². The molecule has 1 aromatic carbocycles. The molecule has 8 nitrogen and oxygen atoms in total. The fourth-order valence-electron chi connectivity index (χ4n) is 3.14. The van der Waals surface area contributed by atoms with E-state index < -0.39 is 11.9 Å². The molecule has 0 spiro atoms. The highest BCUT2D eigenvalue weighted by Gasteiger charge is 2.30. The minimum Gasteiger partial charge on any atom is -0.447 e. The molecular formula is C17H16ClFN6O2. The van der Waals surface area contributed by atoms with E-state index in [-0.39, 0.29) is 29.1 Å². The first kappa shape index (κ1) is 17.5. The molecule has 0 aliphatic carbocycles. The average molecular weight is 391 g/mol. The van der Waals surface area contributed by atoms with Gasteiger partial charge in [-0.05, 0) is 26.0 Å². The van der Waals surface area contributed by atoms with Crippen LogP contribution in [0.25, 0.3) is 22.3 Å². The summed E-state index contributed by atoms with van der Waals surface area (Å²) in [4.78, 5) is 25.7. The number of cyclic esters (lactones) is 1. The van der Waals surface area contributed by atoms with Gasteiger partial charge in [0, 0.05) is 11.6 Å². The third-order valence-electron chi connectivity index (χ3n) is 4.28. The van der Waals surface area contributed by atoms with E-state index in [0.29, 0.717) is 29.3 Å². The minimum absolute atomic E-state index is 0.0350. The Labute approximate surface area is 158 Å². The van der Waals surface area contributed by atoms with Gasteiger partial charge in [0.1, 0.15) is 12.1 Å². The molecular weight excluding hydrogens is 375 g/mol. The van der Waals surface area contributed by atoms with Crippen molar-refractivity contribution in [2.75, 3.05) is 23.8 Å². The Morgan fingerprint density at radius 2 is 2.11 bits per heavy atom. The highest BCUT2D eigenvalue weighted by Crippen LogP contribution is 2.34. The summed E-state index contributed by atoms with van der Waals surface area (Å²) in [7, 11) is 0. The van der Waals surface area contributed by atoms with Crippen molar-refractivity contribution < 1.29 is 13.9 Å². The summed E-state index contributed by atoms with van der Waals surface area (Å²) >= 11 is 6.17. The summed E-state index contributed by atoms with van der Waals surface area (Å²) < 4.78 is 21.7. The fraction of sp³-hybridized carbons (Fsp3) is 0.294. The van der Waals surface area contributed by atoms with E-state index >= 15 is 0 Å². The number of nitrogen functional groups attached to an aromatic ring is 1. The second-order valence-corrected chi connectivity index (χ2v) is 6.80. The van der Waals surface area contributed by atoms with Gasteiger partial charge in [0.05, 0.1) is 29.0 Å². The zero-order valence-electron chi connectivity index (χ0n) is 14.6. The number of aromatic nitrogens is 4. The summed E-state index contributed by atoms with van der Waals surface area (Å²) in [6.45, 7) is 4.47. The van der Waals surface area contributed by atoms with Crippen LogP contribution in [0, 0.1) is 5.82 Å². The van der Waals surface area contributed by atoms with Crippen LogP contribution in [0.3, 0.4) is 0 Å². The maximum Gasteiger partial charge on any atom is 0.416 e. The summed E-state index contributed by atoms with van der Waals surface area (Å²) in [6.07, 6.45) is 0.867. The maximum atomic E-state index is 14.9. The highest BCUT2D eigenvalue weighted by atomic mass is 35.5. The zero-order valence-corrected chi connectivity index (χ0v) is 15.4. The number of imidazole rings is 1. The van der Waals surface area contributed by atoms with Gasteiger partial charge in [-0.15, -0.1) is 0 Å². The molecule has 1 amide bonds. The van der Waals surface area contributed by atoms with Crippen LogP contribution in [0.1, 0.15) is 19.9 Å². The van der Waals surface area contributed by atoms with Crippen LogP contribution in [0.15, 0.2) is 18.3 Å². The van der Waals surface area contributed by atoms with Gasteiger partial charge in [-0.2, -0.15) is 0 Å². The topological polar surface area (TPSA) is 99.2 Å². The Kier molecular flexibility index (Phi) is 4.11. The summed E-state index contributed by atoms with van der Waals surface area (Å²) in [5, 5.41) is 0.252. The number of carbonyl (C=O) groups is 1. The standard InChI is InChI=1S/C17H16ClFN6O2/c1-8(2)25-12-6-9(13-10(18)7-21-15(20)22-13)5-11(19)14(12)23-16(25)24-3-4-27-17(24)26/h5-8H,3-4H2,1-2H3,(H2,20,21,22). The van der Waals surface area contributed by atoms with E-state index in [0.717, 1.165) is 0 Å². The Morgan fingerprint density at radius 3 is 2.78 bits per heavy atom. The average Bonchev–Trinajstić information content (AvgIpc) is 3.20. The molecule has 1 saturated heterocycles. The van der Waals surface area contributed by atoms with Gasteiger partial charge < -0.3 is 15.0 Å². The molecule has 0 atom stereocenters. The van der Waals surface area contributed by atoms with Crippen LogP contribution in [0.4, 0.5) is 21.1 Å². The second-order valence-electron chi connectivity index (χ2n) is 6.39. The largest absolute Gasteiger partial charge is 0.447 e. The van der Waals surface area contributed by atoms with Gasteiger partial charge in [0.25, 0.3) is 0 Å². The Hall–Kier alpha value is -2.94. The van der Waals surface area contributed by atoms with Crippen molar-refractivity contribution in [2.24, 2.45) is 0 Å². The number of rotatable bonds is 3. The number of hydrogen-bond acceptors (Lipinski definition) is 6. The number of hydrogen-bond donors (Lipinski definition) is 1. The molecule has 0 bridgehead atoms. The molecule has 1 fully saturated rings. The van der Waals surface area contributed by atoms with Crippen LogP contribution in [0.2, 0.25) is 5.02 Å². The number of nitrogens with zero attached hydrogens (tertiary/aromatic N) is 5. The van der Waals surface area contributed by atoms with Gasteiger partial charge in [0.2, 0.25) is 11.9 Å². The lowest BCUT2D eigenvalue weighted by atomic mass is 10.1. The van der Waals surface area contributed by atoms with Crippen LogP contribution in [-0.4, -0.2) is 38.8 Å². The van der Waals surface area contributed by atoms with Crippen LogP contribution in [0.5, 0.6) is 0 Å². The number of anilines is 2. The van der Waals surface area contributed by atoms with E-state index in [1.165, 1.54) is 17.2 Å². The molecule has 27 heavy (non-hydrogen) atoms. The molecule has 2 aromatic heterocycles. The lowest BCUT2D eigenvalue weighted by Gasteiger charge is -2.18. The van der Waals surface area contributed by atoms with E-state index in [2.05, 4.69) is 15.0 Å². The number of nitrogens with two attached hydrogens (primary N) is 1. The van der Waals surface area contributed by atoms with Crippen molar-refractivity contribution >= 4 is 40.6 Å². The van der Waals surface area contributed by atoms with Gasteiger partial charge in [-0.1, -0.05) is 11.6 Å². The summed E-state index contributed by atoms with van der Waals surface area (Å²) in [5.74, 6) is -0.177. The molecule has 0 unspecified atom stereocenters. The monoisotopic (exact) mass is 390 g/mol. The molecule has 0 saturated carbocycles. The summed E-state index contributed by atoms with van der Waals surface area (Å²) in [5.41, 5.74) is 7.08. The molecule has 3 aromatic rings. The summed E-state index contributed by atoms with van der Waals surface area (Å²) in [6, 6.07) is 2.93. The molecule has 1 aliphatic rings. The number of halogens is 2. The number of benzene rings is 1. The van der Waals surface area contributed by atoms with Gasteiger partial charge >= 0.3 is 6.09 Å². The molecule has 4 rings (SSSR count). The molecule has 3 heterocycles. The van der Waals surface area contributed by atoms with Crippen molar-refractivity contribution in [3.8, 4) is 11.3 Å². The van der Waals surface area contributed by atoms with Crippen LogP contribution < -0.4 is 10.6 Å². The lowest BCUT2D eigenvalue weighted by Crippen LogP contribution is -2.27. The van der Waals surface area contributed by atoms with Gasteiger partial charge in [0.15, 0.2) is 5.82 Å². The van der Waals surface area contributed by atoms with E-state index in [9.17, 15) is 9.18 Å². The van der Waals surface area contributed by atoms with Gasteiger partial charge in [-0.3, -0.25) is 0 Å². The van der Waals surface area contributed by atoms with Crippen molar-refractivity contribution in [1.82, 2.24) is 19.5 Å². The molecule has 0 radical (unpaired) electrons.